The van der Waals surface area contributed by atoms with E-state index in [4.69, 9.17) is 14.5 Å². The van der Waals surface area contributed by atoms with Crippen molar-refractivity contribution in [3.05, 3.63) is 47.7 Å². The van der Waals surface area contributed by atoms with Gasteiger partial charge in [-0.1, -0.05) is 12.1 Å². The number of rotatable bonds is 5. The number of carbonyl (C=O) groups excluding carboxylic acids is 2. The monoisotopic (exact) mass is 615 g/mol. The molecule has 2 saturated heterocycles. The first-order valence-electron chi connectivity index (χ1n) is 15.0. The molecule has 4 heterocycles. The van der Waals surface area contributed by atoms with E-state index in [1.807, 2.05) is 58.0 Å². The number of carbonyl (C=O) groups is 2. The minimum Gasteiger partial charge on any atom is -0.444 e. The molecule has 3 amide bonds. The van der Waals surface area contributed by atoms with Gasteiger partial charge in [0.05, 0.1) is 25.5 Å². The zero-order valence-corrected chi connectivity index (χ0v) is 25.7. The number of likely N-dealkylation sites (tertiary alicyclic amines) is 1. The summed E-state index contributed by atoms with van der Waals surface area (Å²) in [6.45, 7) is 11.2. The molecule has 3 aliphatic rings. The van der Waals surface area contributed by atoms with E-state index < -0.39 is 30.1 Å². The number of anilines is 2. The molecule has 1 aromatic carbocycles. The van der Waals surface area contributed by atoms with Gasteiger partial charge in [0.1, 0.15) is 11.4 Å². The molecule has 0 aliphatic carbocycles. The number of ether oxygens (including phenoxy) is 2. The Morgan fingerprint density at radius 3 is 2.52 bits per heavy atom. The van der Waals surface area contributed by atoms with Crippen LogP contribution in [0.4, 0.5) is 34.3 Å². The van der Waals surface area contributed by atoms with Crippen LogP contribution in [-0.2, 0) is 9.47 Å². The standard InChI is InChI=1S/C32H40F3N5O4/c1-21-5-6-25(36-29(41)39-9-7-22(19-39)18-32(33,34)35)17-26(21)24-15-27(37-28(16-24)38-11-13-43-14-12-38)23-8-10-40(20-23)30(42)44-31(2,3)4/h5-6,8,15-17,22H,7,9-14,18-20H2,1-4H3,(H,36,41)/t22-/m0/s1. The Kier molecular flexibility index (Phi) is 9.10. The summed E-state index contributed by atoms with van der Waals surface area (Å²) in [5, 5.41) is 2.88. The van der Waals surface area contributed by atoms with Crippen LogP contribution in [0.2, 0.25) is 0 Å². The summed E-state index contributed by atoms with van der Waals surface area (Å²) in [6.07, 6.45) is -3.18. The van der Waals surface area contributed by atoms with Gasteiger partial charge in [-0.05, 0) is 86.6 Å². The smallest absolute Gasteiger partial charge is 0.410 e. The zero-order chi connectivity index (χ0) is 31.6. The van der Waals surface area contributed by atoms with Crippen LogP contribution < -0.4 is 10.2 Å². The number of urea groups is 1. The lowest BCUT2D eigenvalue weighted by Crippen LogP contribution is -2.37. The third kappa shape index (κ3) is 8.02. The van der Waals surface area contributed by atoms with Crippen molar-refractivity contribution in [1.82, 2.24) is 14.8 Å². The lowest BCUT2D eigenvalue weighted by molar-refractivity contribution is -0.143. The number of morpholine rings is 1. The highest BCUT2D eigenvalue weighted by Gasteiger charge is 2.36. The fourth-order valence-electron chi connectivity index (χ4n) is 5.72. The van der Waals surface area contributed by atoms with Crippen molar-refractivity contribution in [3.8, 4) is 11.1 Å². The van der Waals surface area contributed by atoms with E-state index in [-0.39, 0.29) is 19.2 Å². The second-order valence-corrected chi connectivity index (χ2v) is 12.7. The first-order valence-corrected chi connectivity index (χ1v) is 15.0. The average molecular weight is 616 g/mol. The maximum absolute atomic E-state index is 13.0. The van der Waals surface area contributed by atoms with Crippen LogP contribution in [0.25, 0.3) is 16.7 Å². The summed E-state index contributed by atoms with van der Waals surface area (Å²) in [6, 6.07) is 9.19. The predicted octanol–water partition coefficient (Wildman–Crippen LogP) is 6.33. The van der Waals surface area contributed by atoms with Gasteiger partial charge in [0.2, 0.25) is 0 Å². The Hall–Kier alpha value is -3.80. The normalized spacial score (nSPS) is 19.3. The van der Waals surface area contributed by atoms with Crippen LogP contribution in [-0.4, -0.2) is 91.2 Å². The van der Waals surface area contributed by atoms with Crippen molar-refractivity contribution < 1.29 is 32.2 Å². The molecule has 5 rings (SSSR count). The summed E-state index contributed by atoms with van der Waals surface area (Å²) in [7, 11) is 0. The van der Waals surface area contributed by atoms with E-state index in [1.165, 1.54) is 4.90 Å². The van der Waals surface area contributed by atoms with Crippen LogP contribution in [0.5, 0.6) is 0 Å². The number of benzene rings is 1. The van der Waals surface area contributed by atoms with Crippen LogP contribution in [0, 0.1) is 12.8 Å². The van der Waals surface area contributed by atoms with Crippen molar-refractivity contribution in [3.63, 3.8) is 0 Å². The Labute approximate surface area is 256 Å². The van der Waals surface area contributed by atoms with Gasteiger partial charge in [-0.25, -0.2) is 14.6 Å². The van der Waals surface area contributed by atoms with Gasteiger partial charge in [-0.3, -0.25) is 0 Å². The van der Waals surface area contributed by atoms with Gasteiger partial charge in [-0.15, -0.1) is 0 Å². The highest BCUT2D eigenvalue weighted by Crippen LogP contribution is 2.34. The van der Waals surface area contributed by atoms with Gasteiger partial charge in [0.25, 0.3) is 0 Å². The highest BCUT2D eigenvalue weighted by molar-refractivity contribution is 5.91. The topological polar surface area (TPSA) is 87.2 Å². The van der Waals surface area contributed by atoms with Gasteiger partial charge >= 0.3 is 18.3 Å². The molecular weight excluding hydrogens is 575 g/mol. The van der Waals surface area contributed by atoms with Crippen molar-refractivity contribution in [2.75, 3.05) is 62.7 Å². The Balaban J connectivity index is 1.38. The predicted molar refractivity (Wildman–Crippen MR) is 163 cm³/mol. The van der Waals surface area contributed by atoms with Crippen molar-refractivity contribution in [2.24, 2.45) is 5.92 Å². The molecule has 1 atom stereocenters. The average Bonchev–Trinajstić information content (AvgIpc) is 3.63. The Morgan fingerprint density at radius 2 is 1.82 bits per heavy atom. The fourth-order valence-corrected chi connectivity index (χ4v) is 5.72. The van der Waals surface area contributed by atoms with Gasteiger partial charge < -0.3 is 29.5 Å². The third-order valence-corrected chi connectivity index (χ3v) is 7.94. The summed E-state index contributed by atoms with van der Waals surface area (Å²) in [4.78, 5) is 35.9. The molecule has 0 bridgehead atoms. The number of halogens is 3. The second-order valence-electron chi connectivity index (χ2n) is 12.7. The highest BCUT2D eigenvalue weighted by atomic mass is 19.4. The molecule has 1 aromatic heterocycles. The van der Waals surface area contributed by atoms with Crippen LogP contribution >= 0.6 is 0 Å². The van der Waals surface area contributed by atoms with Crippen molar-refractivity contribution in [2.45, 2.75) is 52.3 Å². The van der Waals surface area contributed by atoms with Gasteiger partial charge in [-0.2, -0.15) is 13.2 Å². The van der Waals surface area contributed by atoms with Gasteiger partial charge in [0, 0.05) is 44.8 Å². The van der Waals surface area contributed by atoms with E-state index in [0.29, 0.717) is 51.5 Å². The number of amides is 3. The molecule has 0 unspecified atom stereocenters. The fraction of sp³-hybridized carbons (Fsp3) is 0.531. The number of nitrogens with zero attached hydrogens (tertiary/aromatic N) is 4. The number of hydrogen-bond donors (Lipinski definition) is 1. The number of pyridine rings is 1. The molecule has 12 heteroatoms. The van der Waals surface area contributed by atoms with Gasteiger partial charge in [0.15, 0.2) is 0 Å². The minimum absolute atomic E-state index is 0.0795. The molecule has 0 saturated carbocycles. The van der Waals surface area contributed by atoms with E-state index in [1.54, 1.807) is 11.0 Å². The third-order valence-electron chi connectivity index (χ3n) is 7.94. The summed E-state index contributed by atoms with van der Waals surface area (Å²) >= 11 is 0. The minimum atomic E-state index is -4.24. The molecule has 1 N–H and O–H groups in total. The number of nitrogens with one attached hydrogen (secondary N) is 1. The van der Waals surface area contributed by atoms with Crippen molar-refractivity contribution in [1.29, 1.82) is 0 Å². The molecule has 2 fully saturated rings. The quantitative estimate of drug-likeness (QED) is 0.423. The van der Waals surface area contributed by atoms with Crippen LogP contribution in [0.1, 0.15) is 44.9 Å². The Morgan fingerprint density at radius 1 is 1.07 bits per heavy atom. The molecule has 3 aliphatic heterocycles. The zero-order valence-electron chi connectivity index (χ0n) is 25.7. The summed E-state index contributed by atoms with van der Waals surface area (Å²) < 4.78 is 49.7. The maximum atomic E-state index is 13.0. The van der Waals surface area contributed by atoms with Crippen LogP contribution in [0.15, 0.2) is 36.4 Å². The number of hydrogen-bond acceptors (Lipinski definition) is 6. The lowest BCUT2D eigenvalue weighted by atomic mass is 9.98. The van der Waals surface area contributed by atoms with E-state index in [2.05, 4.69) is 10.2 Å². The SMILES string of the molecule is Cc1ccc(NC(=O)N2CC[C@@H](CC(F)(F)F)C2)cc1-c1cc(C2=CCN(C(=O)OC(C)(C)C)C2)nc(N2CCOCC2)c1. The summed E-state index contributed by atoms with van der Waals surface area (Å²) in [5.41, 5.74) is 4.38. The number of aromatic nitrogens is 1. The largest absolute Gasteiger partial charge is 0.444 e. The van der Waals surface area contributed by atoms with Crippen molar-refractivity contribution >= 4 is 29.2 Å². The van der Waals surface area contributed by atoms with E-state index in [9.17, 15) is 22.8 Å². The molecule has 238 valence electrons. The summed E-state index contributed by atoms with van der Waals surface area (Å²) in [5.74, 6) is 0.207. The first kappa shape index (κ1) is 31.6. The first-order chi connectivity index (χ1) is 20.7. The Bertz CT molecular complexity index is 1420. The van der Waals surface area contributed by atoms with E-state index in [0.717, 1.165) is 33.8 Å². The number of aryl methyl sites for hydroxylation is 1. The molecular formula is C32H40F3N5O4. The van der Waals surface area contributed by atoms with E-state index >= 15 is 0 Å². The maximum Gasteiger partial charge on any atom is 0.410 e. The van der Waals surface area contributed by atoms with Crippen LogP contribution in [0.3, 0.4) is 0 Å². The molecule has 0 radical (unpaired) electrons. The molecule has 2 aromatic rings. The molecule has 0 spiro atoms. The number of alkyl halides is 3. The lowest BCUT2D eigenvalue weighted by Gasteiger charge is -2.29. The molecule has 44 heavy (non-hydrogen) atoms. The molecule has 9 nitrogen and oxygen atoms in total. The second kappa shape index (κ2) is 12.7.